The van der Waals surface area contributed by atoms with Crippen molar-refractivity contribution in [2.75, 3.05) is 17.7 Å². The van der Waals surface area contributed by atoms with Crippen LogP contribution in [0.15, 0.2) is 42.5 Å². The molecular weight excluding hydrogens is 348 g/mol. The molecule has 0 radical (unpaired) electrons. The third-order valence-corrected chi connectivity index (χ3v) is 4.18. The zero-order valence-corrected chi connectivity index (χ0v) is 16.0. The summed E-state index contributed by atoms with van der Waals surface area (Å²) in [6, 6.07) is 13.5. The van der Waals surface area contributed by atoms with Gasteiger partial charge in [-0.1, -0.05) is 17.7 Å². The minimum absolute atomic E-state index is 0.513. The second kappa shape index (κ2) is 7.62. The van der Waals surface area contributed by atoms with E-state index >= 15 is 0 Å². The van der Waals surface area contributed by atoms with Gasteiger partial charge >= 0.3 is 0 Å². The number of nitrogens with one attached hydrogen (secondary N) is 2. The predicted molar refractivity (Wildman–Crippen MR) is 107 cm³/mol. The first-order valence-electron chi connectivity index (χ1n) is 8.25. The summed E-state index contributed by atoms with van der Waals surface area (Å²) < 4.78 is 5.17. The largest absolute Gasteiger partial charge is 0.497 e. The molecule has 0 atom stereocenters. The monoisotopic (exact) mass is 368 g/mol. The Balaban J connectivity index is 1.85. The van der Waals surface area contributed by atoms with Gasteiger partial charge in [-0.25, -0.2) is 4.98 Å². The maximum Gasteiger partial charge on any atom is 0.229 e. The summed E-state index contributed by atoms with van der Waals surface area (Å²) in [5.74, 6) is 1.99. The molecule has 0 aliphatic carbocycles. The van der Waals surface area contributed by atoms with Gasteiger partial charge in [0.15, 0.2) is 0 Å². The molecule has 1 aromatic heterocycles. The molecule has 0 saturated heterocycles. The van der Waals surface area contributed by atoms with Gasteiger partial charge in [-0.05, 0) is 62.2 Å². The third kappa shape index (κ3) is 4.24. The molecule has 0 bridgehead atoms. The van der Waals surface area contributed by atoms with Crippen LogP contribution in [0.1, 0.15) is 16.8 Å². The Kier molecular flexibility index (Phi) is 5.28. The molecule has 1 heterocycles. The molecule has 0 unspecified atom stereocenters. The van der Waals surface area contributed by atoms with Crippen molar-refractivity contribution >= 4 is 34.7 Å². The van der Waals surface area contributed by atoms with E-state index in [-0.39, 0.29) is 0 Å². The highest BCUT2D eigenvalue weighted by atomic mass is 35.5. The number of aryl methyl sites for hydroxylation is 3. The molecule has 0 amide bonds. The van der Waals surface area contributed by atoms with E-state index in [9.17, 15) is 0 Å². The fraction of sp³-hybridized carbons (Fsp3) is 0.200. The fourth-order valence-corrected chi connectivity index (χ4v) is 3.06. The first kappa shape index (κ1) is 18.0. The van der Waals surface area contributed by atoms with Gasteiger partial charge in [0.05, 0.1) is 17.8 Å². The molecule has 6 heteroatoms. The maximum absolute atomic E-state index is 6.39. The quantitative estimate of drug-likeness (QED) is 0.618. The van der Waals surface area contributed by atoms with E-state index in [0.29, 0.717) is 16.8 Å². The van der Waals surface area contributed by atoms with E-state index in [1.807, 2.05) is 57.2 Å². The number of methoxy groups -OCH3 is 1. The smallest absolute Gasteiger partial charge is 0.229 e. The molecule has 2 aromatic carbocycles. The number of halogens is 1. The van der Waals surface area contributed by atoms with Crippen LogP contribution in [-0.4, -0.2) is 17.1 Å². The number of hydrogen-bond donors (Lipinski definition) is 2. The highest BCUT2D eigenvalue weighted by Gasteiger charge is 2.09. The number of nitrogens with zero attached hydrogens (tertiary/aromatic N) is 2. The molecule has 0 fully saturated rings. The second-order valence-electron chi connectivity index (χ2n) is 6.14. The first-order valence-corrected chi connectivity index (χ1v) is 8.63. The Labute approximate surface area is 158 Å². The summed E-state index contributed by atoms with van der Waals surface area (Å²) in [6.45, 7) is 5.97. The zero-order valence-electron chi connectivity index (χ0n) is 15.2. The van der Waals surface area contributed by atoms with Gasteiger partial charge < -0.3 is 15.4 Å². The molecule has 0 spiro atoms. The van der Waals surface area contributed by atoms with Gasteiger partial charge in [0.25, 0.3) is 0 Å². The van der Waals surface area contributed by atoms with Crippen LogP contribution >= 0.6 is 11.6 Å². The van der Waals surface area contributed by atoms with Crippen LogP contribution in [0.2, 0.25) is 5.02 Å². The van der Waals surface area contributed by atoms with Crippen LogP contribution in [0, 0.1) is 20.8 Å². The van der Waals surface area contributed by atoms with Crippen LogP contribution in [0.5, 0.6) is 5.75 Å². The van der Waals surface area contributed by atoms with E-state index in [1.54, 1.807) is 7.11 Å². The van der Waals surface area contributed by atoms with Crippen molar-refractivity contribution in [3.8, 4) is 5.75 Å². The SMILES string of the molecule is COc1ccc(Nc2nc(C)cc(Nc3c(C)cc(C)cc3Cl)n2)cc1. The first-order chi connectivity index (χ1) is 12.4. The van der Waals surface area contributed by atoms with E-state index in [2.05, 4.69) is 26.7 Å². The Morgan fingerprint density at radius 3 is 2.31 bits per heavy atom. The highest BCUT2D eigenvalue weighted by Crippen LogP contribution is 2.30. The van der Waals surface area contributed by atoms with Crippen LogP contribution in [0.4, 0.5) is 23.1 Å². The van der Waals surface area contributed by atoms with Gasteiger partial charge in [0.2, 0.25) is 5.95 Å². The van der Waals surface area contributed by atoms with Crippen molar-refractivity contribution in [2.24, 2.45) is 0 Å². The van der Waals surface area contributed by atoms with Gasteiger partial charge in [-0.2, -0.15) is 4.98 Å². The van der Waals surface area contributed by atoms with Crippen molar-refractivity contribution in [2.45, 2.75) is 20.8 Å². The normalized spacial score (nSPS) is 10.5. The number of benzene rings is 2. The van der Waals surface area contributed by atoms with Gasteiger partial charge in [-0.3, -0.25) is 0 Å². The molecule has 5 nitrogen and oxygen atoms in total. The van der Waals surface area contributed by atoms with Crippen molar-refractivity contribution in [3.63, 3.8) is 0 Å². The lowest BCUT2D eigenvalue weighted by Gasteiger charge is -2.14. The Morgan fingerprint density at radius 1 is 0.923 bits per heavy atom. The summed E-state index contributed by atoms with van der Waals surface area (Å²) in [5.41, 5.74) is 4.77. The van der Waals surface area contributed by atoms with Crippen LogP contribution < -0.4 is 15.4 Å². The van der Waals surface area contributed by atoms with E-state index < -0.39 is 0 Å². The lowest BCUT2D eigenvalue weighted by molar-refractivity contribution is 0.415. The molecule has 0 aliphatic heterocycles. The summed E-state index contributed by atoms with van der Waals surface area (Å²) in [5, 5.41) is 7.19. The fourth-order valence-electron chi connectivity index (χ4n) is 2.69. The van der Waals surface area contributed by atoms with E-state index in [1.165, 1.54) is 0 Å². The molecule has 0 saturated carbocycles. The van der Waals surface area contributed by atoms with Crippen molar-refractivity contribution < 1.29 is 4.74 Å². The molecule has 0 aliphatic rings. The molecule has 3 rings (SSSR count). The lowest BCUT2D eigenvalue weighted by Crippen LogP contribution is -2.03. The number of hydrogen-bond acceptors (Lipinski definition) is 5. The summed E-state index contributed by atoms with van der Waals surface area (Å²) in [6.07, 6.45) is 0. The highest BCUT2D eigenvalue weighted by molar-refractivity contribution is 6.33. The van der Waals surface area contributed by atoms with Gasteiger partial charge in [0, 0.05) is 17.4 Å². The summed E-state index contributed by atoms with van der Waals surface area (Å²) in [7, 11) is 1.64. The van der Waals surface area contributed by atoms with Crippen molar-refractivity contribution in [3.05, 3.63) is 64.3 Å². The minimum atomic E-state index is 0.513. The number of aromatic nitrogens is 2. The Hall–Kier alpha value is -2.79. The van der Waals surface area contributed by atoms with E-state index in [4.69, 9.17) is 16.3 Å². The third-order valence-electron chi connectivity index (χ3n) is 3.89. The molecular formula is C20H21ClN4O. The molecule has 134 valence electrons. The van der Waals surface area contributed by atoms with Crippen molar-refractivity contribution in [1.82, 2.24) is 9.97 Å². The average Bonchev–Trinajstić information content (AvgIpc) is 2.58. The molecule has 3 aromatic rings. The summed E-state index contributed by atoms with van der Waals surface area (Å²) in [4.78, 5) is 8.99. The standard InChI is InChI=1S/C20H21ClN4O/c1-12-9-13(2)19(17(21)10-12)24-18-11-14(3)22-20(25-18)23-15-5-7-16(26-4)8-6-15/h5-11H,1-4H3,(H2,22,23,24,25). The maximum atomic E-state index is 6.39. The zero-order chi connectivity index (χ0) is 18.7. The van der Waals surface area contributed by atoms with E-state index in [0.717, 1.165) is 33.9 Å². The molecule has 2 N–H and O–H groups in total. The van der Waals surface area contributed by atoms with Crippen LogP contribution in [0.3, 0.4) is 0 Å². The molecule has 26 heavy (non-hydrogen) atoms. The van der Waals surface area contributed by atoms with Gasteiger partial charge in [0.1, 0.15) is 11.6 Å². The van der Waals surface area contributed by atoms with Crippen LogP contribution in [0.25, 0.3) is 0 Å². The number of rotatable bonds is 5. The number of ether oxygens (including phenoxy) is 1. The second-order valence-corrected chi connectivity index (χ2v) is 6.54. The van der Waals surface area contributed by atoms with Crippen LogP contribution in [-0.2, 0) is 0 Å². The lowest BCUT2D eigenvalue weighted by atomic mass is 10.1. The van der Waals surface area contributed by atoms with Crippen molar-refractivity contribution in [1.29, 1.82) is 0 Å². The van der Waals surface area contributed by atoms with Gasteiger partial charge in [-0.15, -0.1) is 0 Å². The Bertz CT molecular complexity index is 903. The minimum Gasteiger partial charge on any atom is -0.497 e. The summed E-state index contributed by atoms with van der Waals surface area (Å²) >= 11 is 6.39. The number of anilines is 4. The Morgan fingerprint density at radius 2 is 1.65 bits per heavy atom. The topological polar surface area (TPSA) is 59.1 Å². The average molecular weight is 369 g/mol. The predicted octanol–water partition coefficient (Wildman–Crippen LogP) is 5.55.